The molecular weight excluding hydrogens is 120 g/mol. The molecule has 0 heteroatoms. The quantitative estimate of drug-likeness (QED) is 0.472. The fraction of sp³-hybridized carbons (Fsp3) is 0.300. The van der Waals surface area contributed by atoms with E-state index in [9.17, 15) is 0 Å². The van der Waals surface area contributed by atoms with Gasteiger partial charge in [-0.3, -0.25) is 0 Å². The van der Waals surface area contributed by atoms with Crippen molar-refractivity contribution in [3.63, 3.8) is 0 Å². The average Bonchev–Trinajstić information content (AvgIpc) is 2.05. The van der Waals surface area contributed by atoms with Crippen LogP contribution in [0.4, 0.5) is 0 Å². The van der Waals surface area contributed by atoms with Gasteiger partial charge >= 0.3 is 0 Å². The fourth-order valence-electron chi connectivity index (χ4n) is 1.44. The molecular formula is C10H10. The summed E-state index contributed by atoms with van der Waals surface area (Å²) in [5, 5.41) is 0. The summed E-state index contributed by atoms with van der Waals surface area (Å²) in [7, 11) is 0. The van der Waals surface area contributed by atoms with Crippen molar-refractivity contribution in [2.45, 2.75) is 12.8 Å². The van der Waals surface area contributed by atoms with E-state index in [2.05, 4.69) is 36.8 Å². The van der Waals surface area contributed by atoms with Crippen molar-refractivity contribution in [3.05, 3.63) is 42.4 Å². The number of hydrogen-bond donors (Lipinski definition) is 0. The third kappa shape index (κ3) is 0.942. The maximum atomic E-state index is 3.20. The van der Waals surface area contributed by atoms with Crippen LogP contribution in [0.5, 0.6) is 0 Å². The van der Waals surface area contributed by atoms with E-state index in [1.54, 1.807) is 0 Å². The molecule has 0 bridgehead atoms. The first-order valence-corrected chi connectivity index (χ1v) is 3.72. The molecule has 0 aliphatic heterocycles. The van der Waals surface area contributed by atoms with Crippen molar-refractivity contribution in [1.82, 2.24) is 0 Å². The fourth-order valence-corrected chi connectivity index (χ4v) is 1.44. The lowest BCUT2D eigenvalue weighted by atomic mass is 9.85. The monoisotopic (exact) mass is 130 g/mol. The van der Waals surface area contributed by atoms with Gasteiger partial charge in [0.15, 0.2) is 0 Å². The maximum Gasteiger partial charge on any atom is 0.0125 e. The van der Waals surface area contributed by atoms with E-state index in [1.807, 2.05) is 0 Å². The van der Waals surface area contributed by atoms with Gasteiger partial charge in [0, 0.05) is 12.3 Å². The Labute approximate surface area is 61.9 Å². The predicted octanol–water partition coefficient (Wildman–Crippen LogP) is 2.53. The van der Waals surface area contributed by atoms with Crippen molar-refractivity contribution in [1.29, 1.82) is 0 Å². The van der Waals surface area contributed by atoms with E-state index in [0.29, 0.717) is 5.92 Å². The van der Waals surface area contributed by atoms with Crippen LogP contribution >= 0.6 is 0 Å². The lowest BCUT2D eigenvalue weighted by Gasteiger charge is -2.20. The highest BCUT2D eigenvalue weighted by atomic mass is 14.2. The van der Waals surface area contributed by atoms with E-state index in [-0.39, 0.29) is 0 Å². The van der Waals surface area contributed by atoms with Crippen LogP contribution in [0.1, 0.15) is 12.8 Å². The highest BCUT2D eigenvalue weighted by molar-refractivity contribution is 5.30. The van der Waals surface area contributed by atoms with Gasteiger partial charge in [-0.2, -0.15) is 0 Å². The summed E-state index contributed by atoms with van der Waals surface area (Å²) >= 11 is 0. The third-order valence-corrected chi connectivity index (χ3v) is 2.07. The van der Waals surface area contributed by atoms with Crippen LogP contribution < -0.4 is 0 Å². The van der Waals surface area contributed by atoms with Gasteiger partial charge in [0.1, 0.15) is 0 Å². The summed E-state index contributed by atoms with van der Waals surface area (Å²) in [5.74, 6) is 0.686. The Hall–Kier alpha value is -0.780. The Morgan fingerprint density at radius 1 is 1.50 bits per heavy atom. The highest BCUT2D eigenvalue weighted by Gasteiger charge is 2.14. The van der Waals surface area contributed by atoms with E-state index < -0.39 is 0 Å². The Kier molecular flexibility index (Phi) is 1.46. The van der Waals surface area contributed by atoms with Crippen molar-refractivity contribution < 1.29 is 0 Å². The molecule has 1 unspecified atom stereocenters. The SMILES string of the molecule is [C]1C=CC2CC=CC=C2C1. The Bertz CT molecular complexity index is 206. The molecule has 2 aliphatic carbocycles. The van der Waals surface area contributed by atoms with E-state index in [4.69, 9.17) is 0 Å². The van der Waals surface area contributed by atoms with Gasteiger partial charge < -0.3 is 0 Å². The highest BCUT2D eigenvalue weighted by Crippen LogP contribution is 2.28. The van der Waals surface area contributed by atoms with Crippen molar-refractivity contribution in [3.8, 4) is 0 Å². The Balaban J connectivity index is 2.26. The lowest BCUT2D eigenvalue weighted by molar-refractivity contribution is 0.721. The number of rotatable bonds is 0. The summed E-state index contributed by atoms with van der Waals surface area (Å²) in [5.41, 5.74) is 1.52. The second-order valence-corrected chi connectivity index (χ2v) is 2.75. The van der Waals surface area contributed by atoms with Gasteiger partial charge in [0.2, 0.25) is 0 Å². The summed E-state index contributed by atoms with van der Waals surface area (Å²) in [6.45, 7) is 0. The van der Waals surface area contributed by atoms with Gasteiger partial charge in [-0.25, -0.2) is 0 Å². The standard InChI is InChI=1S/C10H10/c1-2-6-10-8-4-3-7-9(10)5-1/h1-3,6-7,9H,5,8H2. The molecule has 0 aromatic rings. The number of hydrogen-bond acceptors (Lipinski definition) is 0. The summed E-state index contributed by atoms with van der Waals surface area (Å²) in [6, 6.07) is 0. The number of allylic oxidation sites excluding steroid dienone is 6. The normalized spacial score (nSPS) is 29.6. The van der Waals surface area contributed by atoms with Crippen LogP contribution in [0, 0.1) is 12.3 Å². The molecule has 0 saturated heterocycles. The van der Waals surface area contributed by atoms with Gasteiger partial charge in [0.05, 0.1) is 0 Å². The van der Waals surface area contributed by atoms with Crippen molar-refractivity contribution >= 4 is 0 Å². The van der Waals surface area contributed by atoms with Crippen LogP contribution in [0.15, 0.2) is 36.0 Å². The lowest BCUT2D eigenvalue weighted by Crippen LogP contribution is -2.06. The van der Waals surface area contributed by atoms with Crippen LogP contribution in [0.3, 0.4) is 0 Å². The first-order chi connectivity index (χ1) is 4.97. The third-order valence-electron chi connectivity index (χ3n) is 2.07. The molecule has 2 rings (SSSR count). The largest absolute Gasteiger partial charge is 0.0836 e. The molecule has 1 atom stereocenters. The minimum atomic E-state index is 0.686. The first kappa shape index (κ1) is 5.96. The van der Waals surface area contributed by atoms with Crippen LogP contribution in [0.2, 0.25) is 0 Å². The molecule has 2 aliphatic rings. The van der Waals surface area contributed by atoms with Crippen LogP contribution in [-0.4, -0.2) is 0 Å². The Morgan fingerprint density at radius 2 is 2.50 bits per heavy atom. The van der Waals surface area contributed by atoms with E-state index >= 15 is 0 Å². The minimum absolute atomic E-state index is 0.686. The summed E-state index contributed by atoms with van der Waals surface area (Å²) in [6.07, 6.45) is 16.3. The second-order valence-electron chi connectivity index (χ2n) is 2.75. The zero-order valence-corrected chi connectivity index (χ0v) is 5.88. The molecule has 10 heavy (non-hydrogen) atoms. The average molecular weight is 130 g/mol. The molecule has 0 amide bonds. The minimum Gasteiger partial charge on any atom is -0.0836 e. The predicted molar refractivity (Wildman–Crippen MR) is 42.3 cm³/mol. The van der Waals surface area contributed by atoms with Crippen molar-refractivity contribution in [2.24, 2.45) is 5.92 Å². The zero-order valence-electron chi connectivity index (χ0n) is 5.88. The molecule has 50 valence electrons. The summed E-state index contributed by atoms with van der Waals surface area (Å²) in [4.78, 5) is 0. The molecule has 0 spiro atoms. The van der Waals surface area contributed by atoms with Crippen LogP contribution in [-0.2, 0) is 0 Å². The Morgan fingerprint density at radius 3 is 3.40 bits per heavy atom. The maximum absolute atomic E-state index is 3.20. The molecule has 0 nitrogen and oxygen atoms in total. The summed E-state index contributed by atoms with van der Waals surface area (Å²) < 4.78 is 0. The number of fused-ring (bicyclic) bond motifs is 1. The van der Waals surface area contributed by atoms with E-state index in [1.165, 1.54) is 12.0 Å². The molecule has 2 radical (unpaired) electrons. The smallest absolute Gasteiger partial charge is 0.0125 e. The zero-order chi connectivity index (χ0) is 6.81. The molecule has 0 heterocycles. The molecule has 0 saturated carbocycles. The van der Waals surface area contributed by atoms with Crippen LogP contribution in [0.25, 0.3) is 0 Å². The van der Waals surface area contributed by atoms with Gasteiger partial charge in [0.25, 0.3) is 0 Å². The van der Waals surface area contributed by atoms with Gasteiger partial charge in [-0.05, 0) is 12.8 Å². The molecule has 0 aromatic carbocycles. The molecule has 0 fully saturated rings. The van der Waals surface area contributed by atoms with Gasteiger partial charge in [-0.15, -0.1) is 0 Å². The molecule has 0 aromatic heterocycles. The second kappa shape index (κ2) is 2.45. The van der Waals surface area contributed by atoms with Crippen molar-refractivity contribution in [2.75, 3.05) is 0 Å². The molecule has 0 N–H and O–H groups in total. The topological polar surface area (TPSA) is 0 Å². The first-order valence-electron chi connectivity index (χ1n) is 3.72. The van der Waals surface area contributed by atoms with Gasteiger partial charge in [-0.1, -0.05) is 36.0 Å². The van der Waals surface area contributed by atoms with E-state index in [0.717, 1.165) is 6.42 Å².